The lowest BCUT2D eigenvalue weighted by Crippen LogP contribution is -2.63. The van der Waals surface area contributed by atoms with Crippen LogP contribution in [0.25, 0.3) is 0 Å². The van der Waals surface area contributed by atoms with Crippen molar-refractivity contribution in [2.75, 3.05) is 45.9 Å². The summed E-state index contributed by atoms with van der Waals surface area (Å²) in [6.45, 7) is 7.12. The summed E-state index contributed by atoms with van der Waals surface area (Å²) in [6.07, 6.45) is 0. The molecule has 0 aliphatic carbocycles. The number of sulfonamides is 1. The Labute approximate surface area is 152 Å². The summed E-state index contributed by atoms with van der Waals surface area (Å²) in [4.78, 5) is 16.5. The quantitative estimate of drug-likeness (QED) is 0.727. The Morgan fingerprint density at radius 1 is 1.28 bits per heavy atom. The van der Waals surface area contributed by atoms with Crippen LogP contribution in [0.5, 0.6) is 0 Å². The largest absolute Gasteiger partial charge is 0.462 e. The summed E-state index contributed by atoms with van der Waals surface area (Å²) < 4.78 is 32.8. The number of carbonyl (C=O) groups excluding carboxylic acids is 1. The van der Waals surface area contributed by atoms with Gasteiger partial charge in [0, 0.05) is 50.3 Å². The second-order valence-electron chi connectivity index (χ2n) is 6.24. The predicted molar refractivity (Wildman–Crippen MR) is 94.4 cm³/mol. The third-order valence-electron chi connectivity index (χ3n) is 4.59. The average Bonchev–Trinajstić information content (AvgIpc) is 2.61. The van der Waals surface area contributed by atoms with Crippen molar-refractivity contribution in [1.82, 2.24) is 14.5 Å². The first-order valence-electron chi connectivity index (χ1n) is 8.33. The van der Waals surface area contributed by atoms with Crippen molar-refractivity contribution in [1.29, 1.82) is 0 Å². The van der Waals surface area contributed by atoms with Crippen molar-refractivity contribution in [3.63, 3.8) is 0 Å². The Bertz CT molecular complexity index is 748. The van der Waals surface area contributed by atoms with Crippen LogP contribution in [-0.2, 0) is 14.8 Å². The van der Waals surface area contributed by atoms with Gasteiger partial charge in [-0.2, -0.15) is 0 Å². The Morgan fingerprint density at radius 3 is 2.60 bits per heavy atom. The molecule has 0 radical (unpaired) electrons. The van der Waals surface area contributed by atoms with Crippen LogP contribution in [0.3, 0.4) is 0 Å². The van der Waals surface area contributed by atoms with Crippen molar-refractivity contribution in [2.24, 2.45) is 0 Å². The minimum atomic E-state index is -3.76. The van der Waals surface area contributed by atoms with Crippen molar-refractivity contribution in [2.45, 2.75) is 17.9 Å². The minimum Gasteiger partial charge on any atom is -0.462 e. The first-order valence-corrected chi connectivity index (χ1v) is 10.2. The number of piperazine rings is 3. The topological polar surface area (TPSA) is 78.9 Å². The van der Waals surface area contributed by atoms with Gasteiger partial charge in [-0.3, -0.25) is 9.80 Å². The molecule has 25 heavy (non-hydrogen) atoms. The van der Waals surface area contributed by atoms with Gasteiger partial charge in [-0.15, -0.1) is 0 Å². The van der Waals surface area contributed by atoms with Gasteiger partial charge in [-0.05, 0) is 25.1 Å². The van der Waals surface area contributed by atoms with E-state index in [1.807, 2.05) is 0 Å². The zero-order chi connectivity index (χ0) is 18.0. The second kappa shape index (κ2) is 7.59. The molecule has 4 rings (SSSR count). The Morgan fingerprint density at radius 2 is 2.00 bits per heavy atom. The maximum Gasteiger partial charge on any atom is 0.338 e. The molecule has 3 aliphatic rings. The van der Waals surface area contributed by atoms with Crippen LogP contribution in [-0.4, -0.2) is 76.1 Å². The van der Waals surface area contributed by atoms with Gasteiger partial charge in [-0.1, -0.05) is 11.6 Å². The Kier molecular flexibility index (Phi) is 5.65. The lowest BCUT2D eigenvalue weighted by atomic mass is 10.1. The summed E-state index contributed by atoms with van der Waals surface area (Å²) in [5, 5.41) is 0.178. The number of rotatable bonds is 6. The molecule has 3 fully saturated rings. The third-order valence-corrected chi connectivity index (χ3v) is 6.22. The predicted octanol–water partition coefficient (Wildman–Crippen LogP) is 0.795. The van der Waals surface area contributed by atoms with E-state index in [1.54, 1.807) is 6.92 Å². The normalized spacial score (nSPS) is 25.8. The molecule has 0 aromatic heterocycles. The average molecular weight is 388 g/mol. The van der Waals surface area contributed by atoms with E-state index in [-0.39, 0.29) is 28.1 Å². The highest BCUT2D eigenvalue weighted by Gasteiger charge is 2.32. The lowest BCUT2D eigenvalue weighted by molar-refractivity contribution is 0.0158. The lowest BCUT2D eigenvalue weighted by Gasteiger charge is -2.47. The fourth-order valence-corrected chi connectivity index (χ4v) is 4.70. The fourth-order valence-electron chi connectivity index (χ4n) is 3.26. The molecule has 1 aromatic rings. The molecule has 9 heteroatoms. The van der Waals surface area contributed by atoms with E-state index in [1.165, 1.54) is 18.2 Å². The molecule has 3 heterocycles. The molecule has 1 unspecified atom stereocenters. The second-order valence-corrected chi connectivity index (χ2v) is 8.44. The maximum absolute atomic E-state index is 12.6. The Hall–Kier alpha value is -1.19. The zero-order valence-electron chi connectivity index (χ0n) is 14.1. The Balaban J connectivity index is 1.72. The third kappa shape index (κ3) is 4.32. The zero-order valence-corrected chi connectivity index (χ0v) is 15.6. The van der Waals surface area contributed by atoms with Crippen LogP contribution in [0.1, 0.15) is 17.3 Å². The van der Waals surface area contributed by atoms with Crippen molar-refractivity contribution < 1.29 is 17.9 Å². The summed E-state index contributed by atoms with van der Waals surface area (Å²) >= 11 is 5.99. The van der Waals surface area contributed by atoms with Crippen LogP contribution in [0.2, 0.25) is 5.02 Å². The first kappa shape index (κ1) is 18.6. The number of nitrogens with zero attached hydrogens (tertiary/aromatic N) is 2. The molecular formula is C16H22ClN3O4S. The molecule has 0 saturated carbocycles. The molecule has 138 valence electrons. The maximum atomic E-state index is 12.6. The van der Waals surface area contributed by atoms with Crippen LogP contribution >= 0.6 is 11.6 Å². The van der Waals surface area contributed by atoms with Gasteiger partial charge in [-0.25, -0.2) is 17.9 Å². The molecule has 0 spiro atoms. The van der Waals surface area contributed by atoms with Gasteiger partial charge < -0.3 is 4.74 Å². The molecule has 1 atom stereocenters. The molecule has 1 N–H and O–H groups in total. The molecule has 3 saturated heterocycles. The van der Waals surface area contributed by atoms with Crippen LogP contribution in [0.4, 0.5) is 0 Å². The van der Waals surface area contributed by atoms with Gasteiger partial charge in [0.15, 0.2) is 0 Å². The highest BCUT2D eigenvalue weighted by Crippen LogP contribution is 2.21. The summed E-state index contributed by atoms with van der Waals surface area (Å²) in [7, 11) is -3.76. The van der Waals surface area contributed by atoms with Gasteiger partial charge in [0.1, 0.15) is 0 Å². The molecule has 1 aromatic carbocycles. The number of hydrogen-bond acceptors (Lipinski definition) is 6. The van der Waals surface area contributed by atoms with Crippen LogP contribution in [0, 0.1) is 0 Å². The SMILES string of the molecule is CCOC(=O)c1cc(Cl)cc(S(=O)(=O)NCC2CN3CCN2CC3)c1. The van der Waals surface area contributed by atoms with E-state index in [9.17, 15) is 13.2 Å². The number of ether oxygens (including phenoxy) is 1. The molecular weight excluding hydrogens is 366 g/mol. The minimum absolute atomic E-state index is 0.0284. The van der Waals surface area contributed by atoms with Crippen molar-refractivity contribution >= 4 is 27.6 Å². The molecule has 2 bridgehead atoms. The molecule has 7 nitrogen and oxygen atoms in total. The summed E-state index contributed by atoms with van der Waals surface area (Å²) in [5.74, 6) is -0.593. The summed E-state index contributed by atoms with van der Waals surface area (Å²) in [6, 6.07) is 4.20. The first-order chi connectivity index (χ1) is 11.9. The van der Waals surface area contributed by atoms with Crippen molar-refractivity contribution in [3.05, 3.63) is 28.8 Å². The van der Waals surface area contributed by atoms with E-state index in [4.69, 9.17) is 16.3 Å². The number of benzene rings is 1. The highest BCUT2D eigenvalue weighted by molar-refractivity contribution is 7.89. The number of hydrogen-bond donors (Lipinski definition) is 1. The van der Waals surface area contributed by atoms with Gasteiger partial charge >= 0.3 is 5.97 Å². The number of nitrogens with one attached hydrogen (secondary N) is 1. The van der Waals surface area contributed by atoms with Crippen molar-refractivity contribution in [3.8, 4) is 0 Å². The van der Waals surface area contributed by atoms with Gasteiger partial charge in [0.2, 0.25) is 10.0 Å². The van der Waals surface area contributed by atoms with E-state index in [0.717, 1.165) is 32.7 Å². The van der Waals surface area contributed by atoms with Gasteiger partial charge in [0.25, 0.3) is 0 Å². The van der Waals surface area contributed by atoms with Gasteiger partial charge in [0.05, 0.1) is 17.1 Å². The number of fused-ring (bicyclic) bond motifs is 3. The molecule has 3 aliphatic heterocycles. The number of halogens is 1. The van der Waals surface area contributed by atoms with Crippen LogP contribution < -0.4 is 4.72 Å². The number of carbonyl (C=O) groups is 1. The number of esters is 1. The standard InChI is InChI=1S/C16H22ClN3O4S/c1-2-24-16(21)12-7-13(17)9-15(8-12)25(22,23)18-10-14-11-19-3-5-20(14)6-4-19/h7-9,14,18H,2-6,10-11H2,1H3. The monoisotopic (exact) mass is 387 g/mol. The van der Waals surface area contributed by atoms with E-state index in [0.29, 0.717) is 6.54 Å². The van der Waals surface area contributed by atoms with Crippen LogP contribution in [0.15, 0.2) is 23.1 Å². The van der Waals surface area contributed by atoms with E-state index in [2.05, 4.69) is 14.5 Å². The van der Waals surface area contributed by atoms with E-state index >= 15 is 0 Å². The molecule has 0 amide bonds. The smallest absolute Gasteiger partial charge is 0.338 e. The fraction of sp³-hybridized carbons (Fsp3) is 0.562. The summed E-state index contributed by atoms with van der Waals surface area (Å²) in [5.41, 5.74) is 0.126. The van der Waals surface area contributed by atoms with E-state index < -0.39 is 16.0 Å². The highest BCUT2D eigenvalue weighted by atomic mass is 35.5.